The maximum absolute atomic E-state index is 13.5. The van der Waals surface area contributed by atoms with Gasteiger partial charge in [0.1, 0.15) is 0 Å². The molecule has 1 heterocycles. The van der Waals surface area contributed by atoms with E-state index in [9.17, 15) is 4.79 Å². The van der Waals surface area contributed by atoms with Gasteiger partial charge in [-0.05, 0) is 63.5 Å². The second kappa shape index (κ2) is 9.54. The first-order chi connectivity index (χ1) is 13.5. The van der Waals surface area contributed by atoms with Crippen molar-refractivity contribution in [3.05, 3.63) is 53.6 Å². The lowest BCUT2D eigenvalue weighted by atomic mass is 10.1. The zero-order valence-electron chi connectivity index (χ0n) is 16.9. The highest BCUT2D eigenvalue weighted by Gasteiger charge is 2.23. The third-order valence-corrected chi connectivity index (χ3v) is 6.51. The number of benzene rings is 2. The summed E-state index contributed by atoms with van der Waals surface area (Å²) < 4.78 is 1.14. The Labute approximate surface area is 175 Å². The fourth-order valence-electron chi connectivity index (χ4n) is 3.19. The summed E-state index contributed by atoms with van der Waals surface area (Å²) >= 11 is 3.21. The van der Waals surface area contributed by atoms with Gasteiger partial charge >= 0.3 is 0 Å². The lowest BCUT2D eigenvalue weighted by Crippen LogP contribution is -2.33. The van der Waals surface area contributed by atoms with Gasteiger partial charge in [-0.3, -0.25) is 9.69 Å². The number of para-hydroxylation sites is 1. The van der Waals surface area contributed by atoms with Crippen LogP contribution in [0.25, 0.3) is 10.2 Å². The first-order valence-corrected chi connectivity index (χ1v) is 11.6. The Bertz CT molecular complexity index is 952. The first-order valence-electron chi connectivity index (χ1n) is 9.53. The molecule has 28 heavy (non-hydrogen) atoms. The molecule has 0 N–H and O–H groups in total. The standard InChI is InChI=1S/C22H27N3OS2/c1-5-16-10-8-13-19-20(16)23-22(28-19)25(15-9-14-24(2)3)21(26)17-11-6-7-12-18(17)27-4/h6-8,10-13H,5,9,14-15H2,1-4H3. The highest BCUT2D eigenvalue weighted by Crippen LogP contribution is 2.33. The maximum Gasteiger partial charge on any atom is 0.261 e. The van der Waals surface area contributed by atoms with Crippen LogP contribution in [0.2, 0.25) is 0 Å². The Balaban J connectivity index is 2.00. The molecule has 0 aliphatic rings. The van der Waals surface area contributed by atoms with Crippen LogP contribution >= 0.6 is 23.1 Å². The molecule has 0 aliphatic carbocycles. The SMILES string of the molecule is CCc1cccc2sc(N(CCCN(C)C)C(=O)c3ccccc3SC)nc12. The minimum absolute atomic E-state index is 0.0285. The van der Waals surface area contributed by atoms with Crippen LogP contribution in [0.4, 0.5) is 5.13 Å². The monoisotopic (exact) mass is 413 g/mol. The lowest BCUT2D eigenvalue weighted by molar-refractivity contribution is 0.0983. The molecule has 0 fully saturated rings. The van der Waals surface area contributed by atoms with Crippen LogP contribution < -0.4 is 4.90 Å². The van der Waals surface area contributed by atoms with Gasteiger partial charge in [-0.2, -0.15) is 0 Å². The van der Waals surface area contributed by atoms with Gasteiger partial charge in [0.25, 0.3) is 5.91 Å². The van der Waals surface area contributed by atoms with Crippen molar-refractivity contribution in [1.82, 2.24) is 9.88 Å². The smallest absolute Gasteiger partial charge is 0.261 e. The summed E-state index contributed by atoms with van der Waals surface area (Å²) in [6.45, 7) is 3.72. The van der Waals surface area contributed by atoms with Crippen molar-refractivity contribution in [2.24, 2.45) is 0 Å². The molecule has 3 aromatic rings. The van der Waals surface area contributed by atoms with Gasteiger partial charge in [0.2, 0.25) is 0 Å². The third kappa shape index (κ3) is 4.57. The van der Waals surface area contributed by atoms with Crippen LogP contribution in [-0.4, -0.2) is 49.2 Å². The topological polar surface area (TPSA) is 36.4 Å². The number of amides is 1. The fraction of sp³-hybridized carbons (Fsp3) is 0.364. The molecule has 0 saturated carbocycles. The molecule has 6 heteroatoms. The van der Waals surface area contributed by atoms with Crippen molar-refractivity contribution in [1.29, 1.82) is 0 Å². The van der Waals surface area contributed by atoms with Gasteiger partial charge in [-0.1, -0.05) is 42.5 Å². The molecule has 3 rings (SSSR count). The van der Waals surface area contributed by atoms with E-state index in [-0.39, 0.29) is 5.91 Å². The van der Waals surface area contributed by atoms with Crippen LogP contribution in [0.1, 0.15) is 29.3 Å². The Kier molecular flexibility index (Phi) is 7.10. The van der Waals surface area contributed by atoms with Crippen molar-refractivity contribution < 1.29 is 4.79 Å². The fourth-order valence-corrected chi connectivity index (χ4v) is 4.82. The molecule has 0 unspecified atom stereocenters. The summed E-state index contributed by atoms with van der Waals surface area (Å²) in [5, 5.41) is 0.788. The minimum Gasteiger partial charge on any atom is -0.309 e. The van der Waals surface area contributed by atoms with E-state index >= 15 is 0 Å². The Hall–Kier alpha value is -1.89. The minimum atomic E-state index is 0.0285. The van der Waals surface area contributed by atoms with E-state index in [1.165, 1.54) is 5.56 Å². The second-order valence-electron chi connectivity index (χ2n) is 6.93. The van der Waals surface area contributed by atoms with Gasteiger partial charge in [0, 0.05) is 11.4 Å². The normalized spacial score (nSPS) is 11.3. The van der Waals surface area contributed by atoms with E-state index < -0.39 is 0 Å². The van der Waals surface area contributed by atoms with E-state index in [1.807, 2.05) is 35.4 Å². The average Bonchev–Trinajstić information content (AvgIpc) is 3.14. The Morgan fingerprint density at radius 2 is 1.89 bits per heavy atom. The van der Waals surface area contributed by atoms with Crippen LogP contribution in [0.5, 0.6) is 0 Å². The maximum atomic E-state index is 13.5. The molecule has 1 aromatic heterocycles. The number of rotatable bonds is 8. The van der Waals surface area contributed by atoms with Gasteiger partial charge < -0.3 is 4.90 Å². The van der Waals surface area contributed by atoms with Gasteiger partial charge in [0.05, 0.1) is 15.8 Å². The van der Waals surface area contributed by atoms with Crippen molar-refractivity contribution in [2.75, 3.05) is 38.3 Å². The molecule has 0 bridgehead atoms. The van der Waals surface area contributed by atoms with Crippen LogP contribution in [0, 0.1) is 0 Å². The van der Waals surface area contributed by atoms with Gasteiger partial charge in [0.15, 0.2) is 5.13 Å². The zero-order valence-corrected chi connectivity index (χ0v) is 18.6. The number of hydrogen-bond acceptors (Lipinski definition) is 5. The van der Waals surface area contributed by atoms with E-state index in [0.29, 0.717) is 6.54 Å². The summed E-state index contributed by atoms with van der Waals surface area (Å²) in [6, 6.07) is 14.1. The number of aryl methyl sites for hydroxylation is 1. The van der Waals surface area contributed by atoms with Crippen molar-refractivity contribution in [3.63, 3.8) is 0 Å². The number of carbonyl (C=O) groups excluding carboxylic acids is 1. The number of thiazole rings is 1. The summed E-state index contributed by atoms with van der Waals surface area (Å²) in [7, 11) is 4.11. The van der Waals surface area contributed by atoms with Gasteiger partial charge in [-0.15, -0.1) is 11.8 Å². The molecule has 0 radical (unpaired) electrons. The lowest BCUT2D eigenvalue weighted by Gasteiger charge is -2.22. The molecule has 0 aliphatic heterocycles. The van der Waals surface area contributed by atoms with E-state index in [0.717, 1.165) is 45.2 Å². The Morgan fingerprint density at radius 3 is 2.61 bits per heavy atom. The van der Waals surface area contributed by atoms with E-state index in [4.69, 9.17) is 4.98 Å². The number of aromatic nitrogens is 1. The second-order valence-corrected chi connectivity index (χ2v) is 8.78. The van der Waals surface area contributed by atoms with Crippen LogP contribution in [-0.2, 0) is 6.42 Å². The molecule has 4 nitrogen and oxygen atoms in total. The molecule has 2 aromatic carbocycles. The summed E-state index contributed by atoms with van der Waals surface area (Å²) in [5.41, 5.74) is 2.99. The number of nitrogens with zero attached hydrogens (tertiary/aromatic N) is 3. The third-order valence-electron chi connectivity index (χ3n) is 4.67. The summed E-state index contributed by atoms with van der Waals surface area (Å²) in [4.78, 5) is 23.4. The molecular formula is C22H27N3OS2. The number of fused-ring (bicyclic) bond motifs is 1. The van der Waals surface area contributed by atoms with Crippen molar-refractivity contribution >= 4 is 44.4 Å². The van der Waals surface area contributed by atoms with Crippen molar-refractivity contribution in [2.45, 2.75) is 24.7 Å². The number of anilines is 1. The first kappa shape index (κ1) is 20.8. The number of thioether (sulfide) groups is 1. The molecular weight excluding hydrogens is 386 g/mol. The largest absolute Gasteiger partial charge is 0.309 e. The molecule has 0 saturated heterocycles. The van der Waals surface area contributed by atoms with E-state index in [1.54, 1.807) is 23.1 Å². The van der Waals surface area contributed by atoms with Crippen LogP contribution in [0.3, 0.4) is 0 Å². The molecule has 0 atom stereocenters. The Morgan fingerprint density at radius 1 is 1.11 bits per heavy atom. The predicted octanol–water partition coefficient (Wildman–Crippen LogP) is 5.18. The number of carbonyl (C=O) groups is 1. The highest BCUT2D eigenvalue weighted by molar-refractivity contribution is 7.98. The molecule has 0 spiro atoms. The quantitative estimate of drug-likeness (QED) is 0.477. The summed E-state index contributed by atoms with van der Waals surface area (Å²) in [6.07, 6.45) is 3.84. The van der Waals surface area contributed by atoms with E-state index in [2.05, 4.69) is 44.1 Å². The molecule has 1 amide bonds. The average molecular weight is 414 g/mol. The zero-order chi connectivity index (χ0) is 20.1. The predicted molar refractivity (Wildman–Crippen MR) is 122 cm³/mol. The van der Waals surface area contributed by atoms with Gasteiger partial charge in [-0.25, -0.2) is 4.98 Å². The summed E-state index contributed by atoms with van der Waals surface area (Å²) in [5.74, 6) is 0.0285. The van der Waals surface area contributed by atoms with Crippen LogP contribution in [0.15, 0.2) is 47.4 Å². The molecule has 148 valence electrons. The highest BCUT2D eigenvalue weighted by atomic mass is 32.2. The number of hydrogen-bond donors (Lipinski definition) is 0. The van der Waals surface area contributed by atoms with Crippen molar-refractivity contribution in [3.8, 4) is 0 Å².